The van der Waals surface area contributed by atoms with E-state index in [9.17, 15) is 13.2 Å². The van der Waals surface area contributed by atoms with Crippen LogP contribution in [0.15, 0.2) is 6.07 Å². The van der Waals surface area contributed by atoms with Crippen molar-refractivity contribution in [2.45, 2.75) is 31.9 Å². The number of hydrogen-bond donors (Lipinski definition) is 0. The molecule has 3 nitrogen and oxygen atoms in total. The molecule has 1 aliphatic carbocycles. The van der Waals surface area contributed by atoms with Gasteiger partial charge >= 0.3 is 6.18 Å². The molecule has 6 heteroatoms. The maximum Gasteiger partial charge on any atom is 0.417 e. The van der Waals surface area contributed by atoms with E-state index >= 15 is 0 Å². The van der Waals surface area contributed by atoms with Gasteiger partial charge in [-0.15, -0.1) is 0 Å². The molecular formula is C12H12F3N3. The molecule has 1 fully saturated rings. The number of aryl methyl sites for hydroxylation is 2. The van der Waals surface area contributed by atoms with Crippen LogP contribution < -0.4 is 0 Å². The first-order valence-corrected chi connectivity index (χ1v) is 5.79. The second kappa shape index (κ2) is 3.46. The van der Waals surface area contributed by atoms with Crippen molar-refractivity contribution in [2.75, 3.05) is 0 Å². The van der Waals surface area contributed by atoms with E-state index < -0.39 is 11.7 Å². The van der Waals surface area contributed by atoms with Gasteiger partial charge in [0.15, 0.2) is 5.65 Å². The Labute approximate surface area is 102 Å². The topological polar surface area (TPSA) is 30.7 Å². The second-order valence-corrected chi connectivity index (χ2v) is 4.77. The average molecular weight is 255 g/mol. The summed E-state index contributed by atoms with van der Waals surface area (Å²) in [6.07, 6.45) is -2.52. The lowest BCUT2D eigenvalue weighted by atomic mass is 10.1. The van der Waals surface area contributed by atoms with Crippen LogP contribution in [0, 0.1) is 6.92 Å². The summed E-state index contributed by atoms with van der Waals surface area (Å²) in [7, 11) is 1.62. The quantitative estimate of drug-likeness (QED) is 0.783. The lowest BCUT2D eigenvalue weighted by molar-refractivity contribution is -0.136. The fraction of sp³-hybridized carbons (Fsp3) is 0.500. The van der Waals surface area contributed by atoms with Crippen LogP contribution in [0.3, 0.4) is 0 Å². The highest BCUT2D eigenvalue weighted by Gasteiger charge is 2.37. The molecular weight excluding hydrogens is 243 g/mol. The Morgan fingerprint density at radius 1 is 1.33 bits per heavy atom. The van der Waals surface area contributed by atoms with Crippen molar-refractivity contribution >= 4 is 11.0 Å². The molecule has 0 atom stereocenters. The van der Waals surface area contributed by atoms with E-state index in [0.717, 1.165) is 12.8 Å². The molecule has 0 aliphatic heterocycles. The van der Waals surface area contributed by atoms with Gasteiger partial charge in [-0.1, -0.05) is 0 Å². The molecule has 18 heavy (non-hydrogen) atoms. The van der Waals surface area contributed by atoms with Crippen LogP contribution in [0.5, 0.6) is 0 Å². The molecule has 2 aromatic heterocycles. The summed E-state index contributed by atoms with van der Waals surface area (Å²) in [4.78, 5) is 4.33. The molecule has 2 heterocycles. The van der Waals surface area contributed by atoms with Gasteiger partial charge in [0.05, 0.1) is 16.6 Å². The number of hydrogen-bond acceptors (Lipinski definition) is 2. The summed E-state index contributed by atoms with van der Waals surface area (Å²) in [6, 6.07) is 1.19. The first-order valence-electron chi connectivity index (χ1n) is 5.79. The molecule has 2 aromatic rings. The Kier molecular flexibility index (Phi) is 2.21. The Hall–Kier alpha value is -1.59. The summed E-state index contributed by atoms with van der Waals surface area (Å²) in [5, 5.41) is 4.16. The first kappa shape index (κ1) is 11.5. The third-order valence-electron chi connectivity index (χ3n) is 3.29. The molecule has 0 aromatic carbocycles. The minimum Gasteiger partial charge on any atom is -0.250 e. The number of pyridine rings is 1. The van der Waals surface area contributed by atoms with Gasteiger partial charge < -0.3 is 0 Å². The van der Waals surface area contributed by atoms with Gasteiger partial charge in [-0.3, -0.25) is 4.68 Å². The van der Waals surface area contributed by atoms with Crippen LogP contribution in [0.2, 0.25) is 0 Å². The van der Waals surface area contributed by atoms with Crippen LogP contribution in [0.25, 0.3) is 11.0 Å². The maximum atomic E-state index is 13.1. The van der Waals surface area contributed by atoms with Crippen molar-refractivity contribution in [3.8, 4) is 0 Å². The van der Waals surface area contributed by atoms with Crippen molar-refractivity contribution in [2.24, 2.45) is 7.05 Å². The Bertz CT molecular complexity index is 624. The molecule has 0 saturated heterocycles. The first-order chi connectivity index (χ1) is 8.38. The van der Waals surface area contributed by atoms with Gasteiger partial charge in [0.2, 0.25) is 0 Å². The smallest absolute Gasteiger partial charge is 0.250 e. The van der Waals surface area contributed by atoms with E-state index in [1.807, 2.05) is 0 Å². The van der Waals surface area contributed by atoms with Crippen LogP contribution in [-0.2, 0) is 13.2 Å². The van der Waals surface area contributed by atoms with Crippen LogP contribution >= 0.6 is 0 Å². The zero-order valence-electron chi connectivity index (χ0n) is 10.0. The standard InChI is InChI=1S/C12H12F3N3/c1-6-10-8(12(13,14)15)5-9(7-3-4-7)16-11(10)18(2)17-6/h5,7H,3-4H2,1-2H3. The van der Waals surface area contributed by atoms with Crippen molar-refractivity contribution in [1.29, 1.82) is 0 Å². The molecule has 0 spiro atoms. The van der Waals surface area contributed by atoms with E-state index in [1.54, 1.807) is 14.0 Å². The molecule has 0 bridgehead atoms. The van der Waals surface area contributed by atoms with E-state index in [2.05, 4.69) is 10.1 Å². The van der Waals surface area contributed by atoms with E-state index in [1.165, 1.54) is 10.7 Å². The van der Waals surface area contributed by atoms with E-state index in [-0.39, 0.29) is 11.3 Å². The predicted molar refractivity (Wildman–Crippen MR) is 60.2 cm³/mol. The Morgan fingerprint density at radius 3 is 2.56 bits per heavy atom. The molecule has 0 N–H and O–H groups in total. The summed E-state index contributed by atoms with van der Waals surface area (Å²) < 4.78 is 40.7. The minimum absolute atomic E-state index is 0.120. The fourth-order valence-corrected chi connectivity index (χ4v) is 2.28. The van der Waals surface area contributed by atoms with Crippen molar-refractivity contribution in [3.63, 3.8) is 0 Å². The van der Waals surface area contributed by atoms with Crippen LogP contribution in [-0.4, -0.2) is 14.8 Å². The van der Waals surface area contributed by atoms with Gasteiger partial charge in [0.1, 0.15) is 0 Å². The second-order valence-electron chi connectivity index (χ2n) is 4.77. The van der Waals surface area contributed by atoms with Gasteiger partial charge in [0.25, 0.3) is 0 Å². The largest absolute Gasteiger partial charge is 0.417 e. The average Bonchev–Trinajstić information content (AvgIpc) is 3.06. The van der Waals surface area contributed by atoms with Crippen molar-refractivity contribution in [1.82, 2.24) is 14.8 Å². The third kappa shape index (κ3) is 1.67. The third-order valence-corrected chi connectivity index (χ3v) is 3.29. The van der Waals surface area contributed by atoms with Gasteiger partial charge in [0, 0.05) is 18.7 Å². The lowest BCUT2D eigenvalue weighted by Crippen LogP contribution is -2.08. The highest BCUT2D eigenvalue weighted by Crippen LogP contribution is 2.43. The summed E-state index contributed by atoms with van der Waals surface area (Å²) in [5.41, 5.74) is 0.622. The molecule has 0 radical (unpaired) electrons. The normalized spacial score (nSPS) is 16.5. The van der Waals surface area contributed by atoms with Gasteiger partial charge in [-0.2, -0.15) is 18.3 Å². The van der Waals surface area contributed by atoms with Crippen molar-refractivity contribution < 1.29 is 13.2 Å². The summed E-state index contributed by atoms with van der Waals surface area (Å²) >= 11 is 0. The number of nitrogens with zero attached hydrogens (tertiary/aromatic N) is 3. The highest BCUT2D eigenvalue weighted by molar-refractivity contribution is 5.83. The molecule has 0 amide bonds. The predicted octanol–water partition coefficient (Wildman–Crippen LogP) is 3.17. The molecule has 96 valence electrons. The molecule has 1 aliphatic rings. The number of aromatic nitrogens is 3. The van der Waals surface area contributed by atoms with Crippen LogP contribution in [0.4, 0.5) is 13.2 Å². The van der Waals surface area contributed by atoms with Gasteiger partial charge in [-0.05, 0) is 25.8 Å². The van der Waals surface area contributed by atoms with E-state index in [4.69, 9.17) is 0 Å². The zero-order chi connectivity index (χ0) is 13.1. The van der Waals surface area contributed by atoms with Crippen molar-refractivity contribution in [3.05, 3.63) is 23.0 Å². The number of rotatable bonds is 1. The summed E-state index contributed by atoms with van der Waals surface area (Å²) in [5.74, 6) is 0.186. The molecule has 3 rings (SSSR count). The SMILES string of the molecule is Cc1nn(C)c2nc(C3CC3)cc(C(F)(F)F)c12. The maximum absolute atomic E-state index is 13.1. The minimum atomic E-state index is -4.36. The number of halogens is 3. The van der Waals surface area contributed by atoms with Gasteiger partial charge in [-0.25, -0.2) is 4.98 Å². The Morgan fingerprint density at radius 2 is 2.00 bits per heavy atom. The highest BCUT2D eigenvalue weighted by atomic mass is 19.4. The molecule has 1 saturated carbocycles. The molecule has 0 unspecified atom stereocenters. The fourth-order valence-electron chi connectivity index (χ4n) is 2.28. The Balaban J connectivity index is 2.36. The summed E-state index contributed by atoms with van der Waals surface area (Å²) in [6.45, 7) is 1.58. The number of fused-ring (bicyclic) bond motifs is 1. The monoisotopic (exact) mass is 255 g/mol. The van der Waals surface area contributed by atoms with Crippen LogP contribution in [0.1, 0.15) is 35.7 Å². The lowest BCUT2D eigenvalue weighted by Gasteiger charge is -2.10. The zero-order valence-corrected chi connectivity index (χ0v) is 10.0. The van der Waals surface area contributed by atoms with E-state index in [0.29, 0.717) is 17.0 Å². The number of alkyl halides is 3.